The van der Waals surface area contributed by atoms with Gasteiger partial charge in [-0.05, 0) is 47.9 Å². The van der Waals surface area contributed by atoms with Gasteiger partial charge in [-0.2, -0.15) is 0 Å². The van der Waals surface area contributed by atoms with Gasteiger partial charge in [-0.25, -0.2) is 4.79 Å². The highest BCUT2D eigenvalue weighted by molar-refractivity contribution is 5.95. The van der Waals surface area contributed by atoms with Crippen LogP contribution >= 0.6 is 12.4 Å². The van der Waals surface area contributed by atoms with E-state index in [2.05, 4.69) is 5.32 Å². The summed E-state index contributed by atoms with van der Waals surface area (Å²) in [5.74, 6) is -1.43. The molecular formula is C18H20ClNO5. The van der Waals surface area contributed by atoms with E-state index in [9.17, 15) is 20.1 Å². The van der Waals surface area contributed by atoms with E-state index in [4.69, 9.17) is 4.74 Å². The third kappa shape index (κ3) is 3.50. The molecule has 0 bridgehead atoms. The third-order valence-electron chi connectivity index (χ3n) is 4.38. The summed E-state index contributed by atoms with van der Waals surface area (Å²) in [5.41, 5.74) is 2.38. The highest BCUT2D eigenvalue weighted by Crippen LogP contribution is 2.40. The van der Waals surface area contributed by atoms with Crippen LogP contribution < -0.4 is 5.32 Å². The van der Waals surface area contributed by atoms with E-state index in [1.165, 1.54) is 13.2 Å². The molecule has 25 heavy (non-hydrogen) atoms. The molecule has 4 N–H and O–H groups in total. The minimum absolute atomic E-state index is 0. The first kappa shape index (κ1) is 18.9. The van der Waals surface area contributed by atoms with E-state index >= 15 is 0 Å². The van der Waals surface area contributed by atoms with Crippen molar-refractivity contribution in [1.29, 1.82) is 0 Å². The van der Waals surface area contributed by atoms with Crippen molar-refractivity contribution >= 4 is 18.4 Å². The SMILES string of the molecule is COC(=O)c1c(O)c(O)cc2c1CCNCC2c1ccc(O)cc1.Cl. The van der Waals surface area contributed by atoms with E-state index in [0.29, 0.717) is 25.1 Å². The van der Waals surface area contributed by atoms with Gasteiger partial charge in [0, 0.05) is 12.5 Å². The number of nitrogens with one attached hydrogen (secondary N) is 1. The Morgan fingerprint density at radius 2 is 1.88 bits per heavy atom. The van der Waals surface area contributed by atoms with Crippen LogP contribution in [0.4, 0.5) is 0 Å². The molecule has 1 unspecified atom stereocenters. The van der Waals surface area contributed by atoms with Crippen molar-refractivity contribution in [2.75, 3.05) is 20.2 Å². The summed E-state index contributed by atoms with van der Waals surface area (Å²) in [6, 6.07) is 8.31. The second-order valence-corrected chi connectivity index (χ2v) is 5.78. The van der Waals surface area contributed by atoms with Gasteiger partial charge in [0.05, 0.1) is 7.11 Å². The van der Waals surface area contributed by atoms with Crippen LogP contribution in [0.25, 0.3) is 0 Å². The number of halogens is 1. The third-order valence-corrected chi connectivity index (χ3v) is 4.38. The Hall–Kier alpha value is -2.44. The van der Waals surface area contributed by atoms with Crippen LogP contribution in [0.2, 0.25) is 0 Å². The molecule has 0 aromatic heterocycles. The fourth-order valence-electron chi connectivity index (χ4n) is 3.19. The summed E-state index contributed by atoms with van der Waals surface area (Å²) < 4.78 is 4.77. The zero-order valence-electron chi connectivity index (χ0n) is 13.7. The largest absolute Gasteiger partial charge is 0.508 e. The minimum Gasteiger partial charge on any atom is -0.508 e. The predicted molar refractivity (Wildman–Crippen MR) is 94.9 cm³/mol. The van der Waals surface area contributed by atoms with Crippen molar-refractivity contribution in [2.45, 2.75) is 12.3 Å². The molecule has 0 saturated heterocycles. The maximum Gasteiger partial charge on any atom is 0.342 e. The maximum absolute atomic E-state index is 12.1. The molecule has 7 heteroatoms. The first-order chi connectivity index (χ1) is 11.5. The Morgan fingerprint density at radius 3 is 2.52 bits per heavy atom. The zero-order valence-corrected chi connectivity index (χ0v) is 14.5. The molecule has 0 spiro atoms. The van der Waals surface area contributed by atoms with Crippen molar-refractivity contribution in [1.82, 2.24) is 5.32 Å². The van der Waals surface area contributed by atoms with E-state index in [0.717, 1.165) is 11.1 Å². The second kappa shape index (κ2) is 7.63. The summed E-state index contributed by atoms with van der Waals surface area (Å²) in [6.45, 7) is 1.25. The van der Waals surface area contributed by atoms with Gasteiger partial charge in [-0.3, -0.25) is 0 Å². The van der Waals surface area contributed by atoms with Gasteiger partial charge in [0.15, 0.2) is 11.5 Å². The lowest BCUT2D eigenvalue weighted by Crippen LogP contribution is -2.20. The molecule has 2 aromatic rings. The van der Waals surface area contributed by atoms with E-state index in [1.54, 1.807) is 24.3 Å². The molecule has 0 fully saturated rings. The smallest absolute Gasteiger partial charge is 0.342 e. The summed E-state index contributed by atoms with van der Waals surface area (Å²) in [5, 5.41) is 33.0. The molecule has 3 rings (SSSR count). The summed E-state index contributed by atoms with van der Waals surface area (Å²) in [7, 11) is 1.24. The first-order valence-corrected chi connectivity index (χ1v) is 7.68. The molecule has 0 radical (unpaired) electrons. The Balaban J connectivity index is 0.00000225. The number of aromatic hydroxyl groups is 3. The van der Waals surface area contributed by atoms with Crippen molar-refractivity contribution in [3.05, 3.63) is 52.6 Å². The van der Waals surface area contributed by atoms with Crippen molar-refractivity contribution in [3.8, 4) is 17.2 Å². The number of hydrogen-bond donors (Lipinski definition) is 4. The van der Waals surface area contributed by atoms with Gasteiger partial charge < -0.3 is 25.4 Å². The maximum atomic E-state index is 12.1. The lowest BCUT2D eigenvalue weighted by molar-refractivity contribution is 0.0595. The molecule has 1 atom stereocenters. The zero-order chi connectivity index (χ0) is 17.3. The van der Waals surface area contributed by atoms with Crippen LogP contribution in [0, 0.1) is 0 Å². The molecular weight excluding hydrogens is 346 g/mol. The van der Waals surface area contributed by atoms with Crippen LogP contribution in [0.1, 0.15) is 33.0 Å². The van der Waals surface area contributed by atoms with Crippen molar-refractivity contribution in [2.24, 2.45) is 0 Å². The predicted octanol–water partition coefficient (Wildman–Crippen LogP) is 2.29. The average Bonchev–Trinajstić information content (AvgIpc) is 2.78. The van der Waals surface area contributed by atoms with Gasteiger partial charge in [0.25, 0.3) is 0 Å². The number of rotatable bonds is 2. The molecule has 1 aliphatic heterocycles. The average molecular weight is 366 g/mol. The molecule has 0 aliphatic carbocycles. The number of esters is 1. The second-order valence-electron chi connectivity index (χ2n) is 5.78. The number of hydrogen-bond acceptors (Lipinski definition) is 6. The number of phenols is 3. The highest BCUT2D eigenvalue weighted by Gasteiger charge is 2.29. The van der Waals surface area contributed by atoms with Crippen molar-refractivity contribution < 1.29 is 24.9 Å². The van der Waals surface area contributed by atoms with Crippen LogP contribution in [-0.4, -0.2) is 41.5 Å². The number of carbonyl (C=O) groups is 1. The Kier molecular flexibility index (Phi) is 5.77. The van der Waals surface area contributed by atoms with Gasteiger partial charge in [0.2, 0.25) is 0 Å². The van der Waals surface area contributed by atoms with Crippen molar-refractivity contribution in [3.63, 3.8) is 0 Å². The first-order valence-electron chi connectivity index (χ1n) is 7.68. The van der Waals surface area contributed by atoms with Gasteiger partial charge in [-0.15, -0.1) is 12.4 Å². The molecule has 6 nitrogen and oxygen atoms in total. The Morgan fingerprint density at radius 1 is 1.20 bits per heavy atom. The monoisotopic (exact) mass is 365 g/mol. The highest BCUT2D eigenvalue weighted by atomic mass is 35.5. The lowest BCUT2D eigenvalue weighted by atomic mass is 9.85. The van der Waals surface area contributed by atoms with Crippen LogP contribution in [0.3, 0.4) is 0 Å². The van der Waals surface area contributed by atoms with E-state index in [1.807, 2.05) is 0 Å². The van der Waals surface area contributed by atoms with Gasteiger partial charge in [0.1, 0.15) is 11.3 Å². The number of fused-ring (bicyclic) bond motifs is 1. The number of methoxy groups -OCH3 is 1. The molecule has 0 saturated carbocycles. The van der Waals surface area contributed by atoms with E-state index < -0.39 is 11.7 Å². The van der Waals surface area contributed by atoms with Crippen LogP contribution in [0.5, 0.6) is 17.2 Å². The number of benzene rings is 2. The van der Waals surface area contributed by atoms with E-state index in [-0.39, 0.29) is 35.4 Å². The molecule has 2 aromatic carbocycles. The fraction of sp³-hybridized carbons (Fsp3) is 0.278. The van der Waals surface area contributed by atoms with Gasteiger partial charge >= 0.3 is 5.97 Å². The normalized spacial score (nSPS) is 16.3. The topological polar surface area (TPSA) is 99.0 Å². The van der Waals surface area contributed by atoms with Crippen LogP contribution in [-0.2, 0) is 11.2 Å². The van der Waals surface area contributed by atoms with Crippen LogP contribution in [0.15, 0.2) is 30.3 Å². The summed E-state index contributed by atoms with van der Waals surface area (Å²) in [4.78, 5) is 12.1. The summed E-state index contributed by atoms with van der Waals surface area (Å²) in [6.07, 6.45) is 0.530. The quantitative estimate of drug-likeness (QED) is 0.481. The minimum atomic E-state index is -0.675. The lowest BCUT2D eigenvalue weighted by Gasteiger charge is -2.21. The molecule has 134 valence electrons. The Labute approximate surface area is 151 Å². The summed E-state index contributed by atoms with van der Waals surface area (Å²) >= 11 is 0. The molecule has 0 amide bonds. The molecule has 1 aliphatic rings. The number of phenolic OH excluding ortho intramolecular Hbond substituents is 3. The number of ether oxygens (including phenoxy) is 1. The fourth-order valence-corrected chi connectivity index (χ4v) is 3.19. The van der Waals surface area contributed by atoms with Gasteiger partial charge in [-0.1, -0.05) is 12.1 Å². The number of carbonyl (C=O) groups excluding carboxylic acids is 1. The Bertz CT molecular complexity index is 776. The molecule has 1 heterocycles. The standard InChI is InChI=1S/C18H19NO5.ClH/c1-24-18(23)16-12-6-7-19-9-14(10-2-4-11(20)5-3-10)13(12)8-15(21)17(16)22;/h2-5,8,14,19-22H,6-7,9H2,1H3;1H.